The summed E-state index contributed by atoms with van der Waals surface area (Å²) >= 11 is 0. The molecule has 0 radical (unpaired) electrons. The van der Waals surface area contributed by atoms with Crippen molar-refractivity contribution in [3.63, 3.8) is 0 Å². The van der Waals surface area contributed by atoms with Crippen LogP contribution in [0.2, 0.25) is 0 Å². The van der Waals surface area contributed by atoms with Gasteiger partial charge in [0.2, 0.25) is 10.0 Å². The zero-order valence-corrected chi connectivity index (χ0v) is 21.4. The first kappa shape index (κ1) is 25.4. The Bertz CT molecular complexity index is 1160. The Labute approximate surface area is 209 Å². The lowest BCUT2D eigenvalue weighted by atomic mass is 9.94. The Morgan fingerprint density at radius 1 is 0.943 bits per heavy atom. The summed E-state index contributed by atoms with van der Waals surface area (Å²) in [6.07, 6.45) is 1.92. The molecule has 0 bridgehead atoms. The highest BCUT2D eigenvalue weighted by molar-refractivity contribution is 7.89. The van der Waals surface area contributed by atoms with E-state index in [4.69, 9.17) is 5.26 Å². The average Bonchev–Trinajstić information content (AvgIpc) is 3.09. The summed E-state index contributed by atoms with van der Waals surface area (Å²) in [6, 6.07) is 16.2. The highest BCUT2D eigenvalue weighted by Gasteiger charge is 2.32. The standard InChI is InChI=1S/C27H34N4O3S/c1-21-16-22(2)19-31(18-21)35(33,34)26-10-8-25(9-11-26)27(32)30-13-3-12-29(14-15-30)20-24-6-4-23(17-28)5-7-24/h4-11,21-22H,3,12-16,18-20H2,1-2H3. The molecule has 0 saturated carbocycles. The van der Waals surface area contributed by atoms with Gasteiger partial charge in [0.05, 0.1) is 16.5 Å². The first-order chi connectivity index (χ1) is 16.8. The van der Waals surface area contributed by atoms with Crippen molar-refractivity contribution in [2.75, 3.05) is 39.3 Å². The highest BCUT2D eigenvalue weighted by Crippen LogP contribution is 2.27. The van der Waals surface area contributed by atoms with Crippen LogP contribution >= 0.6 is 0 Å². The third kappa shape index (κ3) is 6.10. The Morgan fingerprint density at radius 2 is 1.60 bits per heavy atom. The van der Waals surface area contributed by atoms with E-state index in [1.54, 1.807) is 28.6 Å². The quantitative estimate of drug-likeness (QED) is 0.634. The van der Waals surface area contributed by atoms with E-state index in [0.29, 0.717) is 49.1 Å². The number of rotatable bonds is 5. The number of piperidine rings is 1. The van der Waals surface area contributed by atoms with Crippen LogP contribution < -0.4 is 0 Å². The van der Waals surface area contributed by atoms with Crippen molar-refractivity contribution >= 4 is 15.9 Å². The van der Waals surface area contributed by atoms with Gasteiger partial charge in [-0.3, -0.25) is 9.69 Å². The third-order valence-electron chi connectivity index (χ3n) is 6.94. The first-order valence-electron chi connectivity index (χ1n) is 12.4. The molecule has 2 heterocycles. The van der Waals surface area contributed by atoms with Gasteiger partial charge in [-0.1, -0.05) is 26.0 Å². The van der Waals surface area contributed by atoms with Crippen LogP contribution in [0.25, 0.3) is 0 Å². The van der Waals surface area contributed by atoms with Crippen molar-refractivity contribution in [1.29, 1.82) is 5.26 Å². The summed E-state index contributed by atoms with van der Waals surface area (Å²) < 4.78 is 27.9. The van der Waals surface area contributed by atoms with E-state index < -0.39 is 10.0 Å². The topological polar surface area (TPSA) is 84.7 Å². The minimum atomic E-state index is -3.56. The van der Waals surface area contributed by atoms with E-state index in [1.165, 1.54) is 0 Å². The van der Waals surface area contributed by atoms with E-state index >= 15 is 0 Å². The molecule has 2 aliphatic heterocycles. The largest absolute Gasteiger partial charge is 0.337 e. The summed E-state index contributed by atoms with van der Waals surface area (Å²) in [6.45, 7) is 9.01. The van der Waals surface area contributed by atoms with Crippen molar-refractivity contribution in [2.24, 2.45) is 11.8 Å². The Morgan fingerprint density at radius 3 is 2.23 bits per heavy atom. The van der Waals surface area contributed by atoms with Gasteiger partial charge in [-0.25, -0.2) is 8.42 Å². The van der Waals surface area contributed by atoms with Crippen LogP contribution in [0, 0.1) is 23.2 Å². The number of carbonyl (C=O) groups is 1. The average molecular weight is 495 g/mol. The number of amides is 1. The number of carbonyl (C=O) groups excluding carboxylic acids is 1. The fourth-order valence-corrected chi connectivity index (χ4v) is 6.86. The Kier molecular flexibility index (Phi) is 7.90. The number of nitriles is 1. The summed E-state index contributed by atoms with van der Waals surface area (Å²) in [7, 11) is -3.56. The van der Waals surface area contributed by atoms with Gasteiger partial charge in [0, 0.05) is 51.4 Å². The summed E-state index contributed by atoms with van der Waals surface area (Å²) in [5.74, 6) is 0.622. The van der Waals surface area contributed by atoms with E-state index in [9.17, 15) is 13.2 Å². The van der Waals surface area contributed by atoms with Crippen LogP contribution in [0.4, 0.5) is 0 Å². The predicted octanol–water partition coefficient (Wildman–Crippen LogP) is 3.57. The van der Waals surface area contributed by atoms with Gasteiger partial charge in [0.1, 0.15) is 0 Å². The van der Waals surface area contributed by atoms with Crippen LogP contribution in [0.3, 0.4) is 0 Å². The van der Waals surface area contributed by atoms with E-state index in [0.717, 1.165) is 38.0 Å². The van der Waals surface area contributed by atoms with Crippen LogP contribution in [0.1, 0.15) is 48.2 Å². The molecule has 2 aromatic carbocycles. The fourth-order valence-electron chi connectivity index (χ4n) is 5.18. The highest BCUT2D eigenvalue weighted by atomic mass is 32.2. The van der Waals surface area contributed by atoms with Gasteiger partial charge in [-0.15, -0.1) is 0 Å². The second-order valence-electron chi connectivity index (χ2n) is 10.0. The molecule has 2 atom stereocenters. The molecule has 0 N–H and O–H groups in total. The Hall–Kier alpha value is -2.73. The summed E-state index contributed by atoms with van der Waals surface area (Å²) in [5.41, 5.74) is 2.32. The molecule has 2 aliphatic rings. The third-order valence-corrected chi connectivity index (χ3v) is 8.79. The molecular weight excluding hydrogens is 460 g/mol. The smallest absolute Gasteiger partial charge is 0.253 e. The molecule has 2 saturated heterocycles. The zero-order chi connectivity index (χ0) is 25.0. The lowest BCUT2D eigenvalue weighted by Gasteiger charge is -2.34. The molecule has 186 valence electrons. The van der Waals surface area contributed by atoms with Gasteiger partial charge in [-0.2, -0.15) is 9.57 Å². The van der Waals surface area contributed by atoms with E-state index in [1.807, 2.05) is 29.2 Å². The van der Waals surface area contributed by atoms with Gasteiger partial charge in [0.25, 0.3) is 5.91 Å². The van der Waals surface area contributed by atoms with E-state index in [-0.39, 0.29) is 10.8 Å². The number of sulfonamides is 1. The van der Waals surface area contributed by atoms with Crippen molar-refractivity contribution < 1.29 is 13.2 Å². The van der Waals surface area contributed by atoms with Crippen LogP contribution in [-0.2, 0) is 16.6 Å². The molecule has 0 aromatic heterocycles. The number of benzene rings is 2. The lowest BCUT2D eigenvalue weighted by molar-refractivity contribution is 0.0761. The molecule has 0 aliphatic carbocycles. The SMILES string of the molecule is CC1CC(C)CN(S(=O)(=O)c2ccc(C(=O)N3CCCN(Cc4ccc(C#N)cc4)CC3)cc2)C1. The van der Waals surface area contributed by atoms with E-state index in [2.05, 4.69) is 24.8 Å². The van der Waals surface area contributed by atoms with Gasteiger partial charge >= 0.3 is 0 Å². The first-order valence-corrected chi connectivity index (χ1v) is 13.8. The van der Waals surface area contributed by atoms with Gasteiger partial charge in [0.15, 0.2) is 0 Å². The van der Waals surface area contributed by atoms with Crippen molar-refractivity contribution in [3.8, 4) is 6.07 Å². The Balaban J connectivity index is 1.37. The van der Waals surface area contributed by atoms with Crippen molar-refractivity contribution in [2.45, 2.75) is 38.1 Å². The molecule has 2 fully saturated rings. The monoisotopic (exact) mass is 494 g/mol. The molecule has 2 unspecified atom stereocenters. The van der Waals surface area contributed by atoms with Crippen molar-refractivity contribution in [3.05, 3.63) is 65.2 Å². The predicted molar refractivity (Wildman–Crippen MR) is 135 cm³/mol. The molecular formula is C27H34N4O3S. The second-order valence-corrected chi connectivity index (χ2v) is 12.0. The van der Waals surface area contributed by atoms with Crippen molar-refractivity contribution in [1.82, 2.24) is 14.1 Å². The zero-order valence-electron chi connectivity index (χ0n) is 20.6. The maximum Gasteiger partial charge on any atom is 0.253 e. The lowest BCUT2D eigenvalue weighted by Crippen LogP contribution is -2.42. The summed E-state index contributed by atoms with van der Waals surface area (Å²) in [5, 5.41) is 8.97. The summed E-state index contributed by atoms with van der Waals surface area (Å²) in [4.78, 5) is 17.6. The molecule has 4 rings (SSSR count). The molecule has 2 aromatic rings. The number of hydrogen-bond acceptors (Lipinski definition) is 5. The minimum Gasteiger partial charge on any atom is -0.337 e. The fraction of sp³-hybridized carbons (Fsp3) is 0.481. The normalized spacial score (nSPS) is 22.4. The van der Waals surface area contributed by atoms with Crippen LogP contribution in [0.15, 0.2) is 53.4 Å². The maximum atomic E-state index is 13.2. The van der Waals surface area contributed by atoms with Gasteiger partial charge < -0.3 is 4.90 Å². The molecule has 7 nitrogen and oxygen atoms in total. The van der Waals surface area contributed by atoms with Crippen LogP contribution in [-0.4, -0.2) is 67.7 Å². The minimum absolute atomic E-state index is 0.0608. The molecule has 1 amide bonds. The maximum absolute atomic E-state index is 13.2. The molecule has 35 heavy (non-hydrogen) atoms. The van der Waals surface area contributed by atoms with Gasteiger partial charge in [-0.05, 0) is 66.6 Å². The second kappa shape index (κ2) is 10.9. The number of nitrogens with zero attached hydrogens (tertiary/aromatic N) is 4. The number of hydrogen-bond donors (Lipinski definition) is 0. The molecule has 0 spiro atoms. The molecule has 8 heteroatoms. The van der Waals surface area contributed by atoms with Crippen LogP contribution in [0.5, 0.6) is 0 Å².